The summed E-state index contributed by atoms with van der Waals surface area (Å²) in [5.41, 5.74) is 1.06. The SMILES string of the molecule is Cc1csc([C@H]2CCCN(C(=O)[C@@H]3CC(=O)N(C4CC4)C3)C2)n1. The van der Waals surface area contributed by atoms with Gasteiger partial charge in [-0.15, -0.1) is 11.3 Å². The third-order valence-electron chi connectivity index (χ3n) is 5.21. The molecule has 2 atom stereocenters. The average Bonchev–Trinajstić information content (AvgIpc) is 3.19. The number of thiazole rings is 1. The molecule has 1 aromatic heterocycles. The fourth-order valence-electron chi connectivity index (χ4n) is 3.83. The third-order valence-corrected chi connectivity index (χ3v) is 6.34. The van der Waals surface area contributed by atoms with Crippen molar-refractivity contribution in [3.8, 4) is 0 Å². The molecule has 124 valence electrons. The van der Waals surface area contributed by atoms with Gasteiger partial charge in [-0.3, -0.25) is 9.59 Å². The van der Waals surface area contributed by atoms with E-state index in [2.05, 4.69) is 10.4 Å². The minimum Gasteiger partial charge on any atom is -0.342 e. The molecule has 0 radical (unpaired) electrons. The number of hydrogen-bond acceptors (Lipinski definition) is 4. The minimum absolute atomic E-state index is 0.125. The van der Waals surface area contributed by atoms with Gasteiger partial charge >= 0.3 is 0 Å². The van der Waals surface area contributed by atoms with E-state index in [-0.39, 0.29) is 17.7 Å². The van der Waals surface area contributed by atoms with Gasteiger partial charge in [0.2, 0.25) is 11.8 Å². The molecule has 5 nitrogen and oxygen atoms in total. The molecule has 23 heavy (non-hydrogen) atoms. The maximum absolute atomic E-state index is 12.8. The third kappa shape index (κ3) is 3.01. The number of rotatable bonds is 3. The fourth-order valence-corrected chi connectivity index (χ4v) is 4.76. The van der Waals surface area contributed by atoms with Crippen LogP contribution in [0, 0.1) is 12.8 Å². The topological polar surface area (TPSA) is 53.5 Å². The molecule has 2 amide bonds. The molecule has 0 N–H and O–H groups in total. The van der Waals surface area contributed by atoms with E-state index in [0.717, 1.165) is 49.5 Å². The van der Waals surface area contributed by atoms with Gasteiger partial charge in [0.05, 0.1) is 10.9 Å². The number of piperidine rings is 1. The van der Waals surface area contributed by atoms with E-state index >= 15 is 0 Å². The molecule has 3 aliphatic rings. The van der Waals surface area contributed by atoms with Crippen molar-refractivity contribution in [3.63, 3.8) is 0 Å². The first-order valence-corrected chi connectivity index (χ1v) is 9.50. The number of aryl methyl sites for hydroxylation is 1. The molecule has 0 unspecified atom stereocenters. The molecular formula is C17H23N3O2S. The highest BCUT2D eigenvalue weighted by molar-refractivity contribution is 7.09. The predicted octanol–water partition coefficient (Wildman–Crippen LogP) is 2.17. The highest BCUT2D eigenvalue weighted by Crippen LogP contribution is 2.35. The fraction of sp³-hybridized carbons (Fsp3) is 0.706. The van der Waals surface area contributed by atoms with Gasteiger partial charge in [-0.25, -0.2) is 4.98 Å². The largest absolute Gasteiger partial charge is 0.342 e. The van der Waals surface area contributed by atoms with E-state index in [1.165, 1.54) is 0 Å². The van der Waals surface area contributed by atoms with Gasteiger partial charge in [0.15, 0.2) is 0 Å². The van der Waals surface area contributed by atoms with E-state index in [9.17, 15) is 9.59 Å². The lowest BCUT2D eigenvalue weighted by Crippen LogP contribution is -2.43. The Balaban J connectivity index is 1.41. The molecule has 3 heterocycles. The summed E-state index contributed by atoms with van der Waals surface area (Å²) in [5.74, 6) is 0.595. The lowest BCUT2D eigenvalue weighted by atomic mass is 9.96. The van der Waals surface area contributed by atoms with Crippen molar-refractivity contribution in [2.75, 3.05) is 19.6 Å². The summed E-state index contributed by atoms with van der Waals surface area (Å²) in [4.78, 5) is 33.5. The number of amides is 2. The van der Waals surface area contributed by atoms with E-state index in [0.29, 0.717) is 24.9 Å². The zero-order valence-electron chi connectivity index (χ0n) is 13.5. The first-order valence-electron chi connectivity index (χ1n) is 8.62. The minimum atomic E-state index is -0.125. The van der Waals surface area contributed by atoms with Crippen LogP contribution in [0.25, 0.3) is 0 Å². The second kappa shape index (κ2) is 5.89. The zero-order valence-corrected chi connectivity index (χ0v) is 14.3. The summed E-state index contributed by atoms with van der Waals surface area (Å²) < 4.78 is 0. The molecule has 1 aromatic rings. The monoisotopic (exact) mass is 333 g/mol. The molecule has 0 bridgehead atoms. The van der Waals surface area contributed by atoms with Crippen LogP contribution in [0.15, 0.2) is 5.38 Å². The Labute approximate surface area is 140 Å². The molecule has 2 aliphatic heterocycles. The number of carbonyl (C=O) groups excluding carboxylic acids is 2. The normalized spacial score (nSPS) is 28.5. The van der Waals surface area contributed by atoms with Crippen molar-refractivity contribution in [3.05, 3.63) is 16.1 Å². The van der Waals surface area contributed by atoms with Crippen LogP contribution in [0.4, 0.5) is 0 Å². The van der Waals surface area contributed by atoms with Gasteiger partial charge in [-0.2, -0.15) is 0 Å². The summed E-state index contributed by atoms with van der Waals surface area (Å²) >= 11 is 1.70. The van der Waals surface area contributed by atoms with E-state index in [4.69, 9.17) is 0 Å². The molecular weight excluding hydrogens is 310 g/mol. The Bertz CT molecular complexity index is 625. The van der Waals surface area contributed by atoms with Crippen LogP contribution in [-0.4, -0.2) is 52.3 Å². The van der Waals surface area contributed by atoms with Gasteiger partial charge in [0, 0.05) is 49.1 Å². The standard InChI is InChI=1S/C17H23N3O2S/c1-11-10-23-16(18-11)12-3-2-6-19(8-12)17(22)13-7-15(21)20(9-13)14-4-5-14/h10,12-14H,2-9H2,1H3/t12-,13+/m0/s1. The maximum atomic E-state index is 12.8. The Morgan fingerprint density at radius 1 is 1.30 bits per heavy atom. The second-order valence-corrected chi connectivity index (χ2v) is 8.02. The predicted molar refractivity (Wildman–Crippen MR) is 88.2 cm³/mol. The Kier molecular flexibility index (Phi) is 3.87. The van der Waals surface area contributed by atoms with Crippen LogP contribution in [-0.2, 0) is 9.59 Å². The van der Waals surface area contributed by atoms with Crippen LogP contribution < -0.4 is 0 Å². The molecule has 1 saturated carbocycles. The number of nitrogens with zero attached hydrogens (tertiary/aromatic N) is 3. The lowest BCUT2D eigenvalue weighted by Gasteiger charge is -2.33. The van der Waals surface area contributed by atoms with Gasteiger partial charge in [-0.1, -0.05) is 0 Å². The molecule has 4 rings (SSSR count). The van der Waals surface area contributed by atoms with Crippen molar-refractivity contribution in [1.29, 1.82) is 0 Å². The summed E-state index contributed by atoms with van der Waals surface area (Å²) in [6.07, 6.45) is 4.77. The van der Waals surface area contributed by atoms with Crippen LogP contribution in [0.1, 0.15) is 48.7 Å². The molecule has 3 fully saturated rings. The Hall–Kier alpha value is -1.43. The number of aromatic nitrogens is 1. The molecule has 0 aromatic carbocycles. The molecule has 6 heteroatoms. The van der Waals surface area contributed by atoms with Crippen LogP contribution in [0.3, 0.4) is 0 Å². The number of hydrogen-bond donors (Lipinski definition) is 0. The van der Waals surface area contributed by atoms with Crippen molar-refractivity contribution < 1.29 is 9.59 Å². The van der Waals surface area contributed by atoms with Crippen LogP contribution >= 0.6 is 11.3 Å². The van der Waals surface area contributed by atoms with E-state index < -0.39 is 0 Å². The number of likely N-dealkylation sites (tertiary alicyclic amines) is 2. The zero-order chi connectivity index (χ0) is 16.0. The van der Waals surface area contributed by atoms with Gasteiger partial charge < -0.3 is 9.80 Å². The summed E-state index contributed by atoms with van der Waals surface area (Å²) in [7, 11) is 0. The van der Waals surface area contributed by atoms with E-state index in [1.54, 1.807) is 11.3 Å². The summed E-state index contributed by atoms with van der Waals surface area (Å²) in [5, 5.41) is 3.24. The highest BCUT2D eigenvalue weighted by Gasteiger charge is 2.43. The summed E-state index contributed by atoms with van der Waals surface area (Å²) in [6.45, 7) is 4.25. The Morgan fingerprint density at radius 2 is 2.13 bits per heavy atom. The Morgan fingerprint density at radius 3 is 2.83 bits per heavy atom. The van der Waals surface area contributed by atoms with E-state index in [1.807, 2.05) is 16.7 Å². The highest BCUT2D eigenvalue weighted by atomic mass is 32.1. The molecule has 0 spiro atoms. The second-order valence-electron chi connectivity index (χ2n) is 7.13. The van der Waals surface area contributed by atoms with Crippen LogP contribution in [0.2, 0.25) is 0 Å². The lowest BCUT2D eigenvalue weighted by molar-refractivity contribution is -0.137. The van der Waals surface area contributed by atoms with Gasteiger partial charge in [-0.05, 0) is 32.6 Å². The van der Waals surface area contributed by atoms with Crippen LogP contribution in [0.5, 0.6) is 0 Å². The first kappa shape index (κ1) is 15.1. The first-order chi connectivity index (χ1) is 11.1. The molecule has 2 saturated heterocycles. The van der Waals surface area contributed by atoms with Crippen molar-refractivity contribution in [1.82, 2.24) is 14.8 Å². The molecule has 1 aliphatic carbocycles. The van der Waals surface area contributed by atoms with Gasteiger partial charge in [0.25, 0.3) is 0 Å². The summed E-state index contributed by atoms with van der Waals surface area (Å²) in [6, 6.07) is 0.424. The van der Waals surface area contributed by atoms with Crippen molar-refractivity contribution in [2.24, 2.45) is 5.92 Å². The van der Waals surface area contributed by atoms with Crippen molar-refractivity contribution in [2.45, 2.75) is 51.0 Å². The average molecular weight is 333 g/mol. The van der Waals surface area contributed by atoms with Gasteiger partial charge in [0.1, 0.15) is 0 Å². The maximum Gasteiger partial charge on any atom is 0.228 e. The quantitative estimate of drug-likeness (QED) is 0.852. The smallest absolute Gasteiger partial charge is 0.228 e. The van der Waals surface area contributed by atoms with Crippen molar-refractivity contribution >= 4 is 23.2 Å². The number of carbonyl (C=O) groups is 2.